The Balaban J connectivity index is 1.83. The second-order valence-corrected chi connectivity index (χ2v) is 6.97. The maximum Gasteiger partial charge on any atom is 0.228 e. The zero-order valence-electron chi connectivity index (χ0n) is 13.7. The van der Waals surface area contributed by atoms with Crippen molar-refractivity contribution >= 4 is 33.2 Å². The molecule has 4 rings (SSSR count). The molecule has 0 radical (unpaired) electrons. The third-order valence-corrected chi connectivity index (χ3v) is 5.40. The van der Waals surface area contributed by atoms with Crippen molar-refractivity contribution in [1.82, 2.24) is 9.47 Å². The van der Waals surface area contributed by atoms with Gasteiger partial charge in [-0.25, -0.2) is 4.99 Å². The third-order valence-electron chi connectivity index (χ3n) is 4.28. The van der Waals surface area contributed by atoms with Crippen LogP contribution in [0.3, 0.4) is 0 Å². The third kappa shape index (κ3) is 2.99. The lowest BCUT2D eigenvalue weighted by atomic mass is 10.3. The van der Waals surface area contributed by atoms with E-state index in [9.17, 15) is 0 Å². The molecule has 0 N–H and O–H groups in total. The van der Waals surface area contributed by atoms with Gasteiger partial charge in [-0.05, 0) is 37.1 Å². The molecule has 3 aromatic rings. The number of aliphatic imine (C=N–C) groups is 1. The monoisotopic (exact) mass is 336 g/mol. The van der Waals surface area contributed by atoms with Crippen molar-refractivity contribution in [3.8, 4) is 0 Å². The lowest BCUT2D eigenvalue weighted by Gasteiger charge is -2.15. The highest BCUT2D eigenvalue weighted by Gasteiger charge is 2.16. The van der Waals surface area contributed by atoms with Gasteiger partial charge >= 0.3 is 0 Å². The number of benzene rings is 2. The standard InChI is InChI=1S/C19H20N4S/c1-22-16-11-5-6-12-17(16)24-19(22)21-18(23-13-7-8-14-23)20-15-9-3-2-4-10-15/h2-6,9-12H,7-8,13-14H2,1H3/b20-18-,21-19+. The van der Waals surface area contributed by atoms with Crippen LogP contribution in [0.1, 0.15) is 12.8 Å². The molecule has 5 heteroatoms. The fraction of sp³-hybridized carbons (Fsp3) is 0.263. The number of thiazole rings is 1. The quantitative estimate of drug-likeness (QED) is 0.490. The minimum Gasteiger partial charge on any atom is -0.341 e. The summed E-state index contributed by atoms with van der Waals surface area (Å²) in [5, 5.41) is 0. The minimum absolute atomic E-state index is 0.820. The average molecular weight is 336 g/mol. The molecule has 0 atom stereocenters. The van der Waals surface area contributed by atoms with Gasteiger partial charge in [-0.1, -0.05) is 41.7 Å². The summed E-state index contributed by atoms with van der Waals surface area (Å²) in [5.74, 6) is 0.820. The molecule has 0 spiro atoms. The summed E-state index contributed by atoms with van der Waals surface area (Å²) in [6, 6.07) is 18.5. The van der Waals surface area contributed by atoms with Crippen molar-refractivity contribution in [3.05, 3.63) is 59.4 Å². The Morgan fingerprint density at radius 3 is 2.42 bits per heavy atom. The Labute approximate surface area is 145 Å². The van der Waals surface area contributed by atoms with E-state index >= 15 is 0 Å². The maximum atomic E-state index is 4.93. The summed E-state index contributed by atoms with van der Waals surface area (Å²) in [6.07, 6.45) is 2.42. The maximum absolute atomic E-state index is 4.93. The first-order chi connectivity index (χ1) is 11.8. The molecule has 2 aromatic carbocycles. The van der Waals surface area contributed by atoms with Gasteiger partial charge < -0.3 is 9.47 Å². The molecule has 4 nitrogen and oxygen atoms in total. The first-order valence-electron chi connectivity index (χ1n) is 8.29. The van der Waals surface area contributed by atoms with Gasteiger partial charge in [0.2, 0.25) is 5.96 Å². The number of nitrogens with zero attached hydrogens (tertiary/aromatic N) is 4. The van der Waals surface area contributed by atoms with E-state index in [-0.39, 0.29) is 0 Å². The first-order valence-corrected chi connectivity index (χ1v) is 9.11. The molecule has 24 heavy (non-hydrogen) atoms. The number of hydrogen-bond donors (Lipinski definition) is 0. The molecule has 122 valence electrons. The van der Waals surface area contributed by atoms with Crippen LogP contribution in [0, 0.1) is 0 Å². The fourth-order valence-electron chi connectivity index (χ4n) is 2.98. The largest absolute Gasteiger partial charge is 0.341 e. The number of aromatic nitrogens is 1. The van der Waals surface area contributed by atoms with Gasteiger partial charge in [-0.3, -0.25) is 0 Å². The van der Waals surface area contributed by atoms with Crippen LogP contribution in [0.2, 0.25) is 0 Å². The minimum atomic E-state index is 0.820. The Morgan fingerprint density at radius 2 is 1.67 bits per heavy atom. The van der Waals surface area contributed by atoms with Crippen LogP contribution in [0.15, 0.2) is 64.6 Å². The molecule has 0 amide bonds. The van der Waals surface area contributed by atoms with Gasteiger partial charge in [0.1, 0.15) is 0 Å². The summed E-state index contributed by atoms with van der Waals surface area (Å²) in [6.45, 7) is 2.06. The number of aryl methyl sites for hydroxylation is 1. The molecule has 1 aliphatic rings. The molecular weight excluding hydrogens is 316 g/mol. The SMILES string of the molecule is Cn1/c(=N\C(=N\c2ccccc2)N2CCCC2)sc2ccccc21. The number of para-hydroxylation sites is 2. The van der Waals surface area contributed by atoms with Crippen LogP contribution in [0.5, 0.6) is 0 Å². The number of guanidine groups is 1. The average Bonchev–Trinajstić information content (AvgIpc) is 3.25. The summed E-state index contributed by atoms with van der Waals surface area (Å²) in [7, 11) is 2.07. The smallest absolute Gasteiger partial charge is 0.228 e. The zero-order chi connectivity index (χ0) is 16.4. The molecule has 0 aliphatic carbocycles. The predicted octanol–water partition coefficient (Wildman–Crippen LogP) is 3.92. The molecule has 1 aromatic heterocycles. The van der Waals surface area contributed by atoms with Crippen LogP contribution in [-0.4, -0.2) is 28.5 Å². The zero-order valence-corrected chi connectivity index (χ0v) is 14.5. The van der Waals surface area contributed by atoms with E-state index in [2.05, 4.69) is 40.8 Å². The van der Waals surface area contributed by atoms with E-state index in [0.717, 1.165) is 29.5 Å². The predicted molar refractivity (Wildman–Crippen MR) is 101 cm³/mol. The van der Waals surface area contributed by atoms with Crippen LogP contribution < -0.4 is 4.80 Å². The van der Waals surface area contributed by atoms with Crippen molar-refractivity contribution in [2.75, 3.05) is 13.1 Å². The highest BCUT2D eigenvalue weighted by molar-refractivity contribution is 7.16. The second-order valence-electron chi connectivity index (χ2n) is 5.96. The fourth-order valence-corrected chi connectivity index (χ4v) is 3.99. The van der Waals surface area contributed by atoms with E-state index in [0.29, 0.717) is 0 Å². The van der Waals surface area contributed by atoms with Gasteiger partial charge in [0, 0.05) is 20.1 Å². The first kappa shape index (κ1) is 15.1. The summed E-state index contributed by atoms with van der Waals surface area (Å²) < 4.78 is 3.40. The van der Waals surface area contributed by atoms with Gasteiger partial charge in [0.25, 0.3) is 0 Å². The number of rotatable bonds is 1. The summed E-state index contributed by atoms with van der Waals surface area (Å²) in [5.41, 5.74) is 2.16. The summed E-state index contributed by atoms with van der Waals surface area (Å²) in [4.78, 5) is 13.0. The van der Waals surface area contributed by atoms with Gasteiger partial charge in [-0.15, -0.1) is 0 Å². The van der Waals surface area contributed by atoms with E-state index < -0.39 is 0 Å². The van der Waals surface area contributed by atoms with E-state index in [1.165, 1.54) is 23.1 Å². The van der Waals surface area contributed by atoms with Gasteiger partial charge in [0.15, 0.2) is 4.80 Å². The van der Waals surface area contributed by atoms with Crippen molar-refractivity contribution in [1.29, 1.82) is 0 Å². The second kappa shape index (κ2) is 6.61. The lowest BCUT2D eigenvalue weighted by Crippen LogP contribution is -2.28. The number of hydrogen-bond acceptors (Lipinski definition) is 2. The van der Waals surface area contributed by atoms with Gasteiger partial charge in [-0.2, -0.15) is 4.99 Å². The van der Waals surface area contributed by atoms with Crippen LogP contribution >= 0.6 is 11.3 Å². The molecule has 0 saturated carbocycles. The molecule has 1 fully saturated rings. The van der Waals surface area contributed by atoms with Crippen molar-refractivity contribution < 1.29 is 0 Å². The van der Waals surface area contributed by atoms with Gasteiger partial charge in [0.05, 0.1) is 15.9 Å². The summed E-state index contributed by atoms with van der Waals surface area (Å²) >= 11 is 1.71. The lowest BCUT2D eigenvalue weighted by molar-refractivity contribution is 0.512. The topological polar surface area (TPSA) is 32.9 Å². The molecule has 1 saturated heterocycles. The number of likely N-dealkylation sites (tertiary alicyclic amines) is 1. The highest BCUT2D eigenvalue weighted by Crippen LogP contribution is 2.17. The molecule has 1 aliphatic heterocycles. The van der Waals surface area contributed by atoms with Crippen LogP contribution in [-0.2, 0) is 7.05 Å². The Kier molecular flexibility index (Phi) is 4.17. The molecule has 0 bridgehead atoms. The molecular formula is C19H20N4S. The molecule has 2 heterocycles. The van der Waals surface area contributed by atoms with Crippen molar-refractivity contribution in [3.63, 3.8) is 0 Å². The van der Waals surface area contributed by atoms with Crippen molar-refractivity contribution in [2.45, 2.75) is 12.8 Å². The van der Waals surface area contributed by atoms with E-state index in [1.54, 1.807) is 11.3 Å². The number of fused-ring (bicyclic) bond motifs is 1. The van der Waals surface area contributed by atoms with Crippen LogP contribution in [0.4, 0.5) is 5.69 Å². The Bertz CT molecular complexity index is 931. The normalized spacial score (nSPS) is 16.3. The molecule has 0 unspecified atom stereocenters. The van der Waals surface area contributed by atoms with Crippen molar-refractivity contribution in [2.24, 2.45) is 17.0 Å². The Hall–Kier alpha value is -2.40. The highest BCUT2D eigenvalue weighted by atomic mass is 32.1. The van der Waals surface area contributed by atoms with E-state index in [4.69, 9.17) is 9.98 Å². The van der Waals surface area contributed by atoms with E-state index in [1.807, 2.05) is 30.3 Å². The van der Waals surface area contributed by atoms with Crippen LogP contribution in [0.25, 0.3) is 10.2 Å². The Morgan fingerprint density at radius 1 is 0.958 bits per heavy atom.